The highest BCUT2D eigenvalue weighted by Gasteiger charge is 2.57. The first-order chi connectivity index (χ1) is 5.56. The minimum atomic E-state index is -0.0776. The Balaban J connectivity index is 2.58. The van der Waals surface area contributed by atoms with Gasteiger partial charge in [-0.3, -0.25) is 4.79 Å². The lowest BCUT2D eigenvalue weighted by atomic mass is 9.90. The molecule has 2 heteroatoms. The first-order valence-electron chi connectivity index (χ1n) is 4.26. The Morgan fingerprint density at radius 3 is 2.83 bits per heavy atom. The monoisotopic (exact) mass is 168 g/mol. The quantitative estimate of drug-likeness (QED) is 0.476. The van der Waals surface area contributed by atoms with Gasteiger partial charge in [-0.1, -0.05) is 19.9 Å². The van der Waals surface area contributed by atoms with Crippen molar-refractivity contribution in [1.82, 2.24) is 0 Å². The number of carbonyl (C=O) groups excluding carboxylic acids is 1. The lowest BCUT2D eigenvalue weighted by molar-refractivity contribution is -0.143. The molecule has 0 spiro atoms. The SMILES string of the molecule is C=CC(C)C1(C)CC1C(=O)OC. The van der Waals surface area contributed by atoms with Crippen LogP contribution in [0.15, 0.2) is 12.7 Å². The number of hydrogen-bond donors (Lipinski definition) is 0. The lowest BCUT2D eigenvalue weighted by Crippen LogP contribution is -2.15. The van der Waals surface area contributed by atoms with Crippen LogP contribution in [0.25, 0.3) is 0 Å². The van der Waals surface area contributed by atoms with Gasteiger partial charge >= 0.3 is 5.97 Å². The predicted octanol–water partition coefficient (Wildman–Crippen LogP) is 2.01. The summed E-state index contributed by atoms with van der Waals surface area (Å²) >= 11 is 0. The zero-order valence-corrected chi connectivity index (χ0v) is 7.96. The molecule has 0 radical (unpaired) electrons. The highest BCUT2D eigenvalue weighted by molar-refractivity contribution is 5.76. The van der Waals surface area contributed by atoms with E-state index in [2.05, 4.69) is 20.4 Å². The molecule has 1 aliphatic rings. The molecule has 0 aromatic rings. The number of ether oxygens (including phenoxy) is 1. The van der Waals surface area contributed by atoms with Crippen molar-refractivity contribution in [2.24, 2.45) is 17.3 Å². The third-order valence-corrected chi connectivity index (χ3v) is 3.16. The van der Waals surface area contributed by atoms with E-state index in [0.717, 1.165) is 6.42 Å². The zero-order chi connectivity index (χ0) is 9.35. The molecule has 1 fully saturated rings. The molecule has 1 aliphatic carbocycles. The molecule has 1 saturated carbocycles. The van der Waals surface area contributed by atoms with Gasteiger partial charge in [-0.25, -0.2) is 0 Å². The van der Waals surface area contributed by atoms with Gasteiger partial charge in [0.15, 0.2) is 0 Å². The molecule has 68 valence electrons. The minimum Gasteiger partial charge on any atom is -0.469 e. The number of hydrogen-bond acceptors (Lipinski definition) is 2. The van der Waals surface area contributed by atoms with E-state index in [1.54, 1.807) is 0 Å². The fraction of sp³-hybridized carbons (Fsp3) is 0.700. The van der Waals surface area contributed by atoms with Gasteiger partial charge < -0.3 is 4.74 Å². The van der Waals surface area contributed by atoms with E-state index in [4.69, 9.17) is 4.74 Å². The summed E-state index contributed by atoms with van der Waals surface area (Å²) in [6.07, 6.45) is 2.84. The Hall–Kier alpha value is -0.790. The maximum Gasteiger partial charge on any atom is 0.309 e. The van der Waals surface area contributed by atoms with E-state index in [1.165, 1.54) is 7.11 Å². The molecule has 0 aliphatic heterocycles. The number of carbonyl (C=O) groups is 1. The fourth-order valence-corrected chi connectivity index (χ4v) is 1.65. The molecule has 0 saturated heterocycles. The van der Waals surface area contributed by atoms with Crippen LogP contribution in [-0.4, -0.2) is 13.1 Å². The van der Waals surface area contributed by atoms with Gasteiger partial charge in [-0.2, -0.15) is 0 Å². The van der Waals surface area contributed by atoms with Gasteiger partial charge in [0.2, 0.25) is 0 Å². The van der Waals surface area contributed by atoms with Gasteiger partial charge in [0.05, 0.1) is 13.0 Å². The Bertz CT molecular complexity index is 210. The molecule has 0 N–H and O–H groups in total. The maximum atomic E-state index is 11.2. The zero-order valence-electron chi connectivity index (χ0n) is 7.96. The summed E-state index contributed by atoms with van der Waals surface area (Å²) in [7, 11) is 1.44. The molecule has 3 unspecified atom stereocenters. The number of esters is 1. The van der Waals surface area contributed by atoms with Gasteiger partial charge in [-0.15, -0.1) is 6.58 Å². The van der Waals surface area contributed by atoms with Crippen molar-refractivity contribution < 1.29 is 9.53 Å². The van der Waals surface area contributed by atoms with Crippen molar-refractivity contribution in [3.8, 4) is 0 Å². The predicted molar refractivity (Wildman–Crippen MR) is 47.6 cm³/mol. The summed E-state index contributed by atoms with van der Waals surface area (Å²) in [4.78, 5) is 11.2. The van der Waals surface area contributed by atoms with Crippen LogP contribution in [-0.2, 0) is 9.53 Å². The molecule has 0 amide bonds. The van der Waals surface area contributed by atoms with E-state index in [-0.39, 0.29) is 17.3 Å². The Morgan fingerprint density at radius 1 is 1.83 bits per heavy atom. The van der Waals surface area contributed by atoms with Crippen molar-refractivity contribution in [1.29, 1.82) is 0 Å². The Labute approximate surface area is 73.6 Å². The van der Waals surface area contributed by atoms with Crippen molar-refractivity contribution in [2.45, 2.75) is 20.3 Å². The summed E-state index contributed by atoms with van der Waals surface area (Å²) in [5, 5.41) is 0. The second kappa shape index (κ2) is 2.92. The van der Waals surface area contributed by atoms with E-state index in [1.807, 2.05) is 6.08 Å². The second-order valence-corrected chi connectivity index (χ2v) is 3.81. The maximum absolute atomic E-state index is 11.2. The summed E-state index contributed by atoms with van der Waals surface area (Å²) in [5.41, 5.74) is 0.106. The van der Waals surface area contributed by atoms with Crippen molar-refractivity contribution in [2.75, 3.05) is 7.11 Å². The average Bonchev–Trinajstić information content (AvgIpc) is 2.76. The molecular formula is C10H16O2. The van der Waals surface area contributed by atoms with Gasteiger partial charge in [0.1, 0.15) is 0 Å². The molecule has 12 heavy (non-hydrogen) atoms. The third kappa shape index (κ3) is 1.26. The van der Waals surface area contributed by atoms with Crippen LogP contribution in [0.4, 0.5) is 0 Å². The summed E-state index contributed by atoms with van der Waals surface area (Å²) < 4.78 is 4.69. The van der Waals surface area contributed by atoms with Gasteiger partial charge in [0.25, 0.3) is 0 Å². The molecule has 0 aromatic heterocycles. The summed E-state index contributed by atoms with van der Waals surface area (Å²) in [6, 6.07) is 0. The lowest BCUT2D eigenvalue weighted by Gasteiger charge is -2.15. The van der Waals surface area contributed by atoms with Crippen molar-refractivity contribution in [3.63, 3.8) is 0 Å². The van der Waals surface area contributed by atoms with Crippen LogP contribution >= 0.6 is 0 Å². The molecule has 2 nitrogen and oxygen atoms in total. The molecule has 3 atom stereocenters. The third-order valence-electron chi connectivity index (χ3n) is 3.16. The second-order valence-electron chi connectivity index (χ2n) is 3.81. The van der Waals surface area contributed by atoms with Gasteiger partial charge in [0, 0.05) is 0 Å². The fourth-order valence-electron chi connectivity index (χ4n) is 1.65. The first kappa shape index (κ1) is 9.30. The standard InChI is InChI=1S/C10H16O2/c1-5-7(2)10(3)6-8(10)9(11)12-4/h5,7-8H,1,6H2,2-4H3. The molecule has 0 bridgehead atoms. The smallest absolute Gasteiger partial charge is 0.309 e. The van der Waals surface area contributed by atoms with E-state index < -0.39 is 0 Å². The Morgan fingerprint density at radius 2 is 2.42 bits per heavy atom. The molecule has 0 heterocycles. The molecule has 1 rings (SSSR count). The largest absolute Gasteiger partial charge is 0.469 e. The van der Waals surface area contributed by atoms with Crippen molar-refractivity contribution >= 4 is 5.97 Å². The van der Waals surface area contributed by atoms with Crippen molar-refractivity contribution in [3.05, 3.63) is 12.7 Å². The highest BCUT2D eigenvalue weighted by Crippen LogP contribution is 2.58. The average molecular weight is 168 g/mol. The van der Waals surface area contributed by atoms with Crippen LogP contribution in [0.2, 0.25) is 0 Å². The minimum absolute atomic E-state index is 0.0776. The highest BCUT2D eigenvalue weighted by atomic mass is 16.5. The molecule has 0 aromatic carbocycles. The van der Waals surface area contributed by atoms with Crippen LogP contribution in [0.5, 0.6) is 0 Å². The Kier molecular flexibility index (Phi) is 2.27. The number of methoxy groups -OCH3 is 1. The normalized spacial score (nSPS) is 35.4. The van der Waals surface area contributed by atoms with Gasteiger partial charge in [-0.05, 0) is 17.8 Å². The van der Waals surface area contributed by atoms with Crippen LogP contribution in [0.1, 0.15) is 20.3 Å². The van der Waals surface area contributed by atoms with Crippen LogP contribution in [0, 0.1) is 17.3 Å². The van der Waals surface area contributed by atoms with Crippen LogP contribution < -0.4 is 0 Å². The number of rotatable bonds is 3. The first-order valence-corrected chi connectivity index (χ1v) is 4.26. The van der Waals surface area contributed by atoms with Crippen LogP contribution in [0.3, 0.4) is 0 Å². The topological polar surface area (TPSA) is 26.3 Å². The summed E-state index contributed by atoms with van der Waals surface area (Å²) in [6.45, 7) is 7.94. The number of allylic oxidation sites excluding steroid dienone is 1. The summed E-state index contributed by atoms with van der Waals surface area (Å²) in [5.74, 6) is 0.406. The van der Waals surface area contributed by atoms with E-state index in [0.29, 0.717) is 5.92 Å². The molecular weight excluding hydrogens is 152 g/mol. The van der Waals surface area contributed by atoms with E-state index in [9.17, 15) is 4.79 Å². The van der Waals surface area contributed by atoms with E-state index >= 15 is 0 Å².